The van der Waals surface area contributed by atoms with E-state index in [1.807, 2.05) is 27.7 Å². The molecule has 1 fully saturated rings. The van der Waals surface area contributed by atoms with Gasteiger partial charge in [-0.2, -0.15) is 0 Å². The molecule has 94 valence electrons. The van der Waals surface area contributed by atoms with Crippen molar-refractivity contribution in [1.82, 2.24) is 4.98 Å². The van der Waals surface area contributed by atoms with Crippen molar-refractivity contribution in [3.05, 3.63) is 18.0 Å². The summed E-state index contributed by atoms with van der Waals surface area (Å²) in [6.07, 6.45) is 6.97. The molecule has 0 unspecified atom stereocenters. The van der Waals surface area contributed by atoms with Gasteiger partial charge in [0.15, 0.2) is 0 Å². The van der Waals surface area contributed by atoms with Gasteiger partial charge in [0, 0.05) is 11.2 Å². The lowest BCUT2D eigenvalue weighted by Crippen LogP contribution is -2.41. The molecule has 1 aromatic heterocycles. The Bertz CT molecular complexity index is 504. The van der Waals surface area contributed by atoms with Crippen LogP contribution in [0.2, 0.25) is 0 Å². The third kappa shape index (κ3) is 1.98. The van der Waals surface area contributed by atoms with E-state index in [-0.39, 0.29) is 0 Å². The van der Waals surface area contributed by atoms with Crippen LogP contribution in [0.25, 0.3) is 0 Å². The van der Waals surface area contributed by atoms with Crippen LogP contribution < -0.4 is 11.2 Å². The Morgan fingerprint density at radius 2 is 1.83 bits per heavy atom. The summed E-state index contributed by atoms with van der Waals surface area (Å²) >= 11 is 0. The summed E-state index contributed by atoms with van der Waals surface area (Å²) in [5, 5.41) is 0. The molecule has 0 saturated carbocycles. The van der Waals surface area contributed by atoms with Crippen LogP contribution in [0.15, 0.2) is 12.3 Å². The third-order valence-corrected chi connectivity index (χ3v) is 3.58. The fourth-order valence-electron chi connectivity index (χ4n) is 1.77. The van der Waals surface area contributed by atoms with E-state index in [9.17, 15) is 0 Å². The molecule has 2 heterocycles. The van der Waals surface area contributed by atoms with Gasteiger partial charge in [-0.15, -0.1) is 6.42 Å². The molecule has 0 radical (unpaired) electrons. The largest absolute Gasteiger partial charge is 0.497 e. The van der Waals surface area contributed by atoms with E-state index in [0.717, 1.165) is 0 Å². The second-order valence-electron chi connectivity index (χ2n) is 5.44. The Balaban J connectivity index is 2.41. The number of aromatic nitrogens is 1. The van der Waals surface area contributed by atoms with Crippen molar-refractivity contribution in [1.29, 1.82) is 0 Å². The molecular weight excluding hydrogens is 227 g/mol. The average Bonchev–Trinajstić information content (AvgIpc) is 2.48. The highest BCUT2D eigenvalue weighted by atomic mass is 16.7. The van der Waals surface area contributed by atoms with Crippen LogP contribution in [0.3, 0.4) is 0 Å². The molecule has 2 rings (SSSR count). The Morgan fingerprint density at radius 1 is 1.28 bits per heavy atom. The third-order valence-electron chi connectivity index (χ3n) is 3.58. The summed E-state index contributed by atoms with van der Waals surface area (Å²) in [6.45, 7) is 7.95. The maximum absolute atomic E-state index is 5.93. The second kappa shape index (κ2) is 4.01. The molecule has 1 saturated heterocycles. The maximum atomic E-state index is 5.93. The summed E-state index contributed by atoms with van der Waals surface area (Å²) in [7, 11) is -0.531. The van der Waals surface area contributed by atoms with Crippen molar-refractivity contribution < 1.29 is 9.31 Å². The first-order valence-corrected chi connectivity index (χ1v) is 5.84. The molecule has 0 bridgehead atoms. The van der Waals surface area contributed by atoms with Crippen molar-refractivity contribution in [2.24, 2.45) is 0 Å². The van der Waals surface area contributed by atoms with E-state index in [2.05, 4.69) is 10.9 Å². The lowest BCUT2D eigenvalue weighted by Gasteiger charge is -2.32. The molecule has 1 aromatic rings. The molecule has 18 heavy (non-hydrogen) atoms. The maximum Gasteiger partial charge on any atom is 0.497 e. The first-order valence-electron chi connectivity index (χ1n) is 5.84. The number of hydrogen-bond acceptors (Lipinski definition) is 4. The summed E-state index contributed by atoms with van der Waals surface area (Å²) in [5.41, 5.74) is 6.67. The highest BCUT2D eigenvalue weighted by molar-refractivity contribution is 6.62. The van der Waals surface area contributed by atoms with E-state index in [4.69, 9.17) is 21.5 Å². The number of nitrogens with two attached hydrogens (primary N) is 1. The molecule has 5 heteroatoms. The lowest BCUT2D eigenvalue weighted by atomic mass is 9.77. The SMILES string of the molecule is C#Cc1ncc(N)cc1B1OC(C)(C)C(C)(C)O1. The number of terminal acetylenes is 1. The van der Waals surface area contributed by atoms with Gasteiger partial charge in [-0.1, -0.05) is 5.92 Å². The number of anilines is 1. The van der Waals surface area contributed by atoms with Crippen molar-refractivity contribution in [3.63, 3.8) is 0 Å². The number of hydrogen-bond donors (Lipinski definition) is 1. The predicted octanol–water partition coefficient (Wildman–Crippen LogP) is 0.944. The molecule has 2 N–H and O–H groups in total. The van der Waals surface area contributed by atoms with Gasteiger partial charge in [0.2, 0.25) is 0 Å². The first-order chi connectivity index (χ1) is 8.27. The molecule has 4 nitrogen and oxygen atoms in total. The van der Waals surface area contributed by atoms with Crippen LogP contribution in [0.4, 0.5) is 5.69 Å². The molecule has 0 amide bonds. The number of rotatable bonds is 1. The zero-order chi connectivity index (χ0) is 13.6. The number of nitrogens with zero attached hydrogens (tertiary/aromatic N) is 1. The highest BCUT2D eigenvalue weighted by Crippen LogP contribution is 2.36. The molecule has 1 aliphatic rings. The first kappa shape index (κ1) is 12.9. The molecule has 0 atom stereocenters. The Hall–Kier alpha value is -1.51. The minimum absolute atomic E-state index is 0.409. The fraction of sp³-hybridized carbons (Fsp3) is 0.462. The van der Waals surface area contributed by atoms with Gasteiger partial charge in [0.25, 0.3) is 0 Å². The molecule has 0 aromatic carbocycles. The van der Waals surface area contributed by atoms with Gasteiger partial charge in [0.1, 0.15) is 5.69 Å². The summed E-state index contributed by atoms with van der Waals surface area (Å²) in [4.78, 5) is 4.12. The summed E-state index contributed by atoms with van der Waals surface area (Å²) < 4.78 is 11.9. The lowest BCUT2D eigenvalue weighted by molar-refractivity contribution is 0.00578. The minimum Gasteiger partial charge on any atom is -0.399 e. The van der Waals surface area contributed by atoms with Crippen LogP contribution >= 0.6 is 0 Å². The van der Waals surface area contributed by atoms with Crippen LogP contribution in [0, 0.1) is 12.3 Å². The molecular formula is C13H17BN2O2. The monoisotopic (exact) mass is 244 g/mol. The fourth-order valence-corrected chi connectivity index (χ4v) is 1.77. The van der Waals surface area contributed by atoms with Gasteiger partial charge in [0.05, 0.1) is 17.4 Å². The van der Waals surface area contributed by atoms with Crippen molar-refractivity contribution >= 4 is 18.3 Å². The van der Waals surface area contributed by atoms with E-state index >= 15 is 0 Å². The normalized spacial score (nSPS) is 20.7. The van der Waals surface area contributed by atoms with Crippen molar-refractivity contribution in [2.75, 3.05) is 5.73 Å². The summed E-state index contributed by atoms with van der Waals surface area (Å²) in [5.74, 6) is 2.53. The molecule has 0 spiro atoms. The zero-order valence-electron chi connectivity index (χ0n) is 11.2. The van der Waals surface area contributed by atoms with E-state index in [0.29, 0.717) is 16.8 Å². The van der Waals surface area contributed by atoms with Crippen molar-refractivity contribution in [2.45, 2.75) is 38.9 Å². The predicted molar refractivity (Wildman–Crippen MR) is 72.3 cm³/mol. The average molecular weight is 244 g/mol. The highest BCUT2D eigenvalue weighted by Gasteiger charge is 2.52. The van der Waals surface area contributed by atoms with Gasteiger partial charge in [-0.05, 0) is 33.8 Å². The topological polar surface area (TPSA) is 57.4 Å². The Kier molecular flexibility index (Phi) is 2.88. The smallest absolute Gasteiger partial charge is 0.399 e. The van der Waals surface area contributed by atoms with Crippen LogP contribution in [-0.4, -0.2) is 23.3 Å². The molecule has 1 aliphatic heterocycles. The number of nitrogen functional groups attached to an aromatic ring is 1. The second-order valence-corrected chi connectivity index (χ2v) is 5.44. The minimum atomic E-state index is -0.531. The van der Waals surface area contributed by atoms with E-state index in [1.54, 1.807) is 6.07 Å². The van der Waals surface area contributed by atoms with Crippen LogP contribution in [0.1, 0.15) is 33.4 Å². The van der Waals surface area contributed by atoms with Gasteiger partial charge < -0.3 is 15.0 Å². The van der Waals surface area contributed by atoms with Crippen LogP contribution in [0.5, 0.6) is 0 Å². The van der Waals surface area contributed by atoms with E-state index < -0.39 is 18.3 Å². The Morgan fingerprint density at radius 3 is 2.33 bits per heavy atom. The van der Waals surface area contributed by atoms with E-state index in [1.165, 1.54) is 6.20 Å². The zero-order valence-corrected chi connectivity index (χ0v) is 11.2. The molecule has 0 aliphatic carbocycles. The Labute approximate surface area is 108 Å². The van der Waals surface area contributed by atoms with Gasteiger partial charge in [-0.25, -0.2) is 4.98 Å². The number of pyridine rings is 1. The van der Waals surface area contributed by atoms with Crippen LogP contribution in [-0.2, 0) is 9.31 Å². The van der Waals surface area contributed by atoms with Gasteiger partial charge in [-0.3, -0.25) is 0 Å². The standard InChI is InChI=1S/C13H17BN2O2/c1-6-11-10(7-9(15)8-16-11)14-17-12(2,3)13(4,5)18-14/h1,7-8H,15H2,2-5H3. The van der Waals surface area contributed by atoms with Crippen molar-refractivity contribution in [3.8, 4) is 12.3 Å². The summed E-state index contributed by atoms with van der Waals surface area (Å²) in [6, 6.07) is 1.75. The quantitative estimate of drug-likeness (QED) is 0.590. The van der Waals surface area contributed by atoms with Gasteiger partial charge >= 0.3 is 7.12 Å².